The summed E-state index contributed by atoms with van der Waals surface area (Å²) in [6, 6.07) is 3.86. The van der Waals surface area contributed by atoms with E-state index in [9.17, 15) is 21.6 Å². The summed E-state index contributed by atoms with van der Waals surface area (Å²) >= 11 is 0. The van der Waals surface area contributed by atoms with Crippen LogP contribution in [-0.2, 0) is 26.1 Å². The van der Waals surface area contributed by atoms with Crippen molar-refractivity contribution in [3.05, 3.63) is 29.3 Å². The molecule has 1 aromatic carbocycles. The zero-order chi connectivity index (χ0) is 16.3. The van der Waals surface area contributed by atoms with Gasteiger partial charge in [0.15, 0.2) is 19.7 Å². The minimum Gasteiger partial charge on any atom is -0.478 e. The third-order valence-corrected chi connectivity index (χ3v) is 6.83. The normalized spacial score (nSPS) is 12.3. The van der Waals surface area contributed by atoms with Crippen LogP contribution in [0.25, 0.3) is 0 Å². The van der Waals surface area contributed by atoms with Crippen LogP contribution in [0.4, 0.5) is 0 Å². The lowest BCUT2D eigenvalue weighted by atomic mass is 10.1. The number of aryl methyl sites for hydroxylation is 1. The molecule has 0 heterocycles. The summed E-state index contributed by atoms with van der Waals surface area (Å²) < 4.78 is 47.0. The van der Waals surface area contributed by atoms with Gasteiger partial charge in [0.25, 0.3) is 0 Å². The minimum absolute atomic E-state index is 0.0723. The summed E-state index contributed by atoms with van der Waals surface area (Å²) in [6.07, 6.45) is 0.464. The SMILES string of the molecule is CCc1ccc(S(=O)(=O)CCS(=O)(=O)CC)cc1C(=O)O. The largest absolute Gasteiger partial charge is 0.478 e. The van der Waals surface area contributed by atoms with E-state index in [1.54, 1.807) is 6.92 Å². The van der Waals surface area contributed by atoms with Crippen molar-refractivity contribution in [3.63, 3.8) is 0 Å². The average molecular weight is 334 g/mol. The Balaban J connectivity index is 3.15. The van der Waals surface area contributed by atoms with Crippen molar-refractivity contribution >= 4 is 25.6 Å². The zero-order valence-electron chi connectivity index (χ0n) is 11.9. The van der Waals surface area contributed by atoms with Crippen LogP contribution in [0.3, 0.4) is 0 Å². The molecule has 1 aromatic rings. The second-order valence-electron chi connectivity index (χ2n) is 4.53. The van der Waals surface area contributed by atoms with E-state index in [0.29, 0.717) is 12.0 Å². The molecule has 0 saturated heterocycles. The summed E-state index contributed by atoms with van der Waals surface area (Å²) in [5.74, 6) is -2.35. The Labute approximate surface area is 124 Å². The molecule has 0 unspecified atom stereocenters. The van der Waals surface area contributed by atoms with Crippen molar-refractivity contribution in [2.45, 2.75) is 25.2 Å². The molecule has 0 aliphatic heterocycles. The maximum atomic E-state index is 12.1. The summed E-state index contributed by atoms with van der Waals surface area (Å²) in [5.41, 5.74) is 0.458. The van der Waals surface area contributed by atoms with Crippen molar-refractivity contribution in [1.82, 2.24) is 0 Å². The Hall–Kier alpha value is -1.41. The van der Waals surface area contributed by atoms with Crippen LogP contribution in [0.5, 0.6) is 0 Å². The van der Waals surface area contributed by atoms with Crippen LogP contribution in [0.15, 0.2) is 23.1 Å². The first-order chi connectivity index (χ1) is 9.63. The summed E-state index contributed by atoms with van der Waals surface area (Å²) in [5, 5.41) is 9.09. The molecule has 1 rings (SSSR count). The zero-order valence-corrected chi connectivity index (χ0v) is 13.5. The molecule has 1 N–H and O–H groups in total. The van der Waals surface area contributed by atoms with Gasteiger partial charge in [-0.25, -0.2) is 21.6 Å². The molecule has 0 fully saturated rings. The summed E-state index contributed by atoms with van der Waals surface area (Å²) in [6.45, 7) is 3.21. The third kappa shape index (κ3) is 4.53. The molecule has 0 bridgehead atoms. The molecule has 0 aromatic heterocycles. The lowest BCUT2D eigenvalue weighted by Gasteiger charge is -2.08. The average Bonchev–Trinajstić information content (AvgIpc) is 2.44. The van der Waals surface area contributed by atoms with E-state index in [1.165, 1.54) is 19.1 Å². The highest BCUT2D eigenvalue weighted by Gasteiger charge is 2.21. The highest BCUT2D eigenvalue weighted by molar-refractivity contribution is 7.95. The molecule has 0 aliphatic carbocycles. The van der Waals surface area contributed by atoms with Crippen molar-refractivity contribution in [1.29, 1.82) is 0 Å². The number of sulfone groups is 2. The Bertz CT molecular complexity index is 732. The molecule has 6 nitrogen and oxygen atoms in total. The number of hydrogen-bond donors (Lipinski definition) is 1. The van der Waals surface area contributed by atoms with Crippen LogP contribution >= 0.6 is 0 Å². The topological polar surface area (TPSA) is 106 Å². The maximum Gasteiger partial charge on any atom is 0.336 e. The second kappa shape index (κ2) is 6.57. The number of carbonyl (C=O) groups is 1. The van der Waals surface area contributed by atoms with E-state index in [0.717, 1.165) is 6.07 Å². The van der Waals surface area contributed by atoms with Gasteiger partial charge in [-0.3, -0.25) is 0 Å². The minimum atomic E-state index is -3.83. The molecule has 0 amide bonds. The van der Waals surface area contributed by atoms with Gasteiger partial charge in [0, 0.05) is 5.75 Å². The van der Waals surface area contributed by atoms with Gasteiger partial charge in [0.05, 0.1) is 22.0 Å². The van der Waals surface area contributed by atoms with Crippen molar-refractivity contribution in [2.24, 2.45) is 0 Å². The number of carboxylic acids is 1. The lowest BCUT2D eigenvalue weighted by Crippen LogP contribution is -2.19. The quantitative estimate of drug-likeness (QED) is 0.802. The van der Waals surface area contributed by atoms with Gasteiger partial charge in [-0.15, -0.1) is 0 Å². The van der Waals surface area contributed by atoms with Crippen LogP contribution in [-0.4, -0.2) is 45.2 Å². The molecule has 118 valence electrons. The first-order valence-electron chi connectivity index (χ1n) is 6.42. The second-order valence-corrected chi connectivity index (χ2v) is 9.11. The Morgan fingerprint density at radius 1 is 1.10 bits per heavy atom. The number of aromatic carboxylic acids is 1. The Kier molecular flexibility index (Phi) is 5.52. The van der Waals surface area contributed by atoms with Gasteiger partial charge < -0.3 is 5.11 Å². The van der Waals surface area contributed by atoms with E-state index < -0.39 is 37.1 Å². The van der Waals surface area contributed by atoms with E-state index in [4.69, 9.17) is 5.11 Å². The molecule has 0 radical (unpaired) electrons. The molecule has 0 spiro atoms. The fraction of sp³-hybridized carbons (Fsp3) is 0.462. The van der Waals surface area contributed by atoms with Crippen LogP contribution in [0.1, 0.15) is 29.8 Å². The molecule has 0 atom stereocenters. The van der Waals surface area contributed by atoms with Gasteiger partial charge in [-0.2, -0.15) is 0 Å². The monoisotopic (exact) mass is 334 g/mol. The number of rotatable bonds is 7. The van der Waals surface area contributed by atoms with Crippen LogP contribution in [0, 0.1) is 0 Å². The molecule has 0 aliphatic rings. The van der Waals surface area contributed by atoms with Crippen molar-refractivity contribution < 1.29 is 26.7 Å². The first kappa shape index (κ1) is 17.6. The lowest BCUT2D eigenvalue weighted by molar-refractivity contribution is 0.0695. The molecule has 21 heavy (non-hydrogen) atoms. The van der Waals surface area contributed by atoms with Crippen LogP contribution < -0.4 is 0 Å². The molecular weight excluding hydrogens is 316 g/mol. The smallest absolute Gasteiger partial charge is 0.336 e. The maximum absolute atomic E-state index is 12.1. The first-order valence-corrected chi connectivity index (χ1v) is 9.89. The summed E-state index contributed by atoms with van der Waals surface area (Å²) in [4.78, 5) is 11.0. The fourth-order valence-corrected chi connectivity index (χ4v) is 4.75. The summed E-state index contributed by atoms with van der Waals surface area (Å²) in [7, 11) is -7.22. The standard InChI is InChI=1S/C13H18O6S2/c1-3-10-5-6-11(9-12(10)13(14)15)21(18,19)8-7-20(16,17)4-2/h5-6,9H,3-4,7-8H2,1-2H3,(H,14,15). The third-order valence-electron chi connectivity index (χ3n) is 3.15. The van der Waals surface area contributed by atoms with Gasteiger partial charge in [0.2, 0.25) is 0 Å². The number of carboxylic acid groups (broad SMARTS) is 1. The van der Waals surface area contributed by atoms with Crippen LogP contribution in [0.2, 0.25) is 0 Å². The van der Waals surface area contributed by atoms with E-state index in [-0.39, 0.29) is 16.2 Å². The number of hydrogen-bond acceptors (Lipinski definition) is 5. The number of benzene rings is 1. The predicted molar refractivity (Wildman–Crippen MR) is 79.2 cm³/mol. The Morgan fingerprint density at radius 2 is 1.71 bits per heavy atom. The van der Waals surface area contributed by atoms with E-state index in [1.807, 2.05) is 0 Å². The van der Waals surface area contributed by atoms with Gasteiger partial charge in [-0.05, 0) is 24.1 Å². The van der Waals surface area contributed by atoms with Crippen molar-refractivity contribution in [3.8, 4) is 0 Å². The molecular formula is C13H18O6S2. The highest BCUT2D eigenvalue weighted by atomic mass is 32.2. The molecule has 0 saturated carbocycles. The van der Waals surface area contributed by atoms with E-state index in [2.05, 4.69) is 0 Å². The molecule has 8 heteroatoms. The predicted octanol–water partition coefficient (Wildman–Crippen LogP) is 1.16. The van der Waals surface area contributed by atoms with Gasteiger partial charge in [-0.1, -0.05) is 19.9 Å². The van der Waals surface area contributed by atoms with Gasteiger partial charge >= 0.3 is 5.97 Å². The van der Waals surface area contributed by atoms with Gasteiger partial charge in [0.1, 0.15) is 0 Å². The van der Waals surface area contributed by atoms with Crippen molar-refractivity contribution in [2.75, 3.05) is 17.3 Å². The highest BCUT2D eigenvalue weighted by Crippen LogP contribution is 2.18. The Morgan fingerprint density at radius 3 is 2.19 bits per heavy atom. The van der Waals surface area contributed by atoms with E-state index >= 15 is 0 Å². The fourth-order valence-electron chi connectivity index (χ4n) is 1.76.